The zero-order valence-corrected chi connectivity index (χ0v) is 13.5. The van der Waals surface area contributed by atoms with E-state index in [2.05, 4.69) is 16.2 Å². The lowest BCUT2D eigenvalue weighted by Crippen LogP contribution is -2.45. The van der Waals surface area contributed by atoms with Crippen LogP contribution in [0, 0.1) is 0 Å². The van der Waals surface area contributed by atoms with Crippen LogP contribution in [-0.2, 0) is 11.2 Å². The first-order chi connectivity index (χ1) is 12.1. The van der Waals surface area contributed by atoms with Crippen LogP contribution in [0.1, 0.15) is 37.9 Å². The minimum atomic E-state index is -0.529. The molecule has 7 nitrogen and oxygen atoms in total. The molecule has 0 unspecified atom stereocenters. The van der Waals surface area contributed by atoms with Gasteiger partial charge in [-0.25, -0.2) is 15.0 Å². The molecule has 0 bridgehead atoms. The van der Waals surface area contributed by atoms with Crippen molar-refractivity contribution < 1.29 is 19.1 Å². The maximum absolute atomic E-state index is 12.2. The van der Waals surface area contributed by atoms with Gasteiger partial charge in [0.05, 0.1) is 5.56 Å². The van der Waals surface area contributed by atoms with Gasteiger partial charge in [0.15, 0.2) is 0 Å². The number of urea groups is 1. The molecule has 0 aliphatic carbocycles. The number of hydrogen-bond donors (Lipinski definition) is 3. The molecule has 2 aromatic carbocycles. The summed E-state index contributed by atoms with van der Waals surface area (Å²) in [5.41, 5.74) is 6.93. The molecule has 0 saturated heterocycles. The Labute approximate surface area is 144 Å². The zero-order chi connectivity index (χ0) is 17.8. The molecule has 1 aliphatic heterocycles. The fraction of sp³-hybridized carbons (Fsp3) is 0.167. The first-order valence-corrected chi connectivity index (χ1v) is 7.75. The van der Waals surface area contributed by atoms with E-state index in [0.717, 1.165) is 11.1 Å². The zero-order valence-electron chi connectivity index (χ0n) is 13.5. The SMILES string of the molecule is CNC(=O)NNC(=O)c1ccc2c(c1)C[C@H](c1ccccc1)OC2=O. The van der Waals surface area contributed by atoms with Crippen molar-refractivity contribution in [3.8, 4) is 0 Å². The molecule has 0 saturated carbocycles. The monoisotopic (exact) mass is 339 g/mol. The van der Waals surface area contributed by atoms with E-state index >= 15 is 0 Å². The summed E-state index contributed by atoms with van der Waals surface area (Å²) in [5.74, 6) is -0.882. The van der Waals surface area contributed by atoms with Crippen molar-refractivity contribution in [2.45, 2.75) is 12.5 Å². The number of hydrogen-bond acceptors (Lipinski definition) is 4. The second-order valence-corrected chi connectivity index (χ2v) is 5.54. The van der Waals surface area contributed by atoms with E-state index in [1.165, 1.54) is 13.1 Å². The lowest BCUT2D eigenvalue weighted by molar-refractivity contribution is 0.0252. The second kappa shape index (κ2) is 7.04. The third kappa shape index (κ3) is 3.60. The first-order valence-electron chi connectivity index (χ1n) is 7.75. The predicted molar refractivity (Wildman–Crippen MR) is 89.8 cm³/mol. The summed E-state index contributed by atoms with van der Waals surface area (Å²) in [6, 6.07) is 13.6. The molecule has 0 spiro atoms. The molecule has 3 N–H and O–H groups in total. The van der Waals surface area contributed by atoms with Crippen LogP contribution >= 0.6 is 0 Å². The van der Waals surface area contributed by atoms with Crippen LogP contribution in [0.2, 0.25) is 0 Å². The Bertz CT molecular complexity index is 820. The Morgan fingerprint density at radius 2 is 1.84 bits per heavy atom. The molecular formula is C18H17N3O4. The standard InChI is InChI=1S/C18H17N3O4/c1-19-18(24)21-20-16(22)12-7-8-14-13(9-12)10-15(25-17(14)23)11-5-3-2-4-6-11/h2-9,15H,10H2,1H3,(H,20,22)(H2,19,21,24)/t15-/m1/s1. The molecule has 7 heteroatoms. The minimum Gasteiger partial charge on any atom is -0.454 e. The van der Waals surface area contributed by atoms with Crippen LogP contribution in [0.15, 0.2) is 48.5 Å². The number of cyclic esters (lactones) is 1. The molecule has 25 heavy (non-hydrogen) atoms. The Balaban J connectivity index is 1.80. The Morgan fingerprint density at radius 1 is 1.08 bits per heavy atom. The smallest absolute Gasteiger partial charge is 0.339 e. The van der Waals surface area contributed by atoms with E-state index in [-0.39, 0.29) is 6.10 Å². The lowest BCUT2D eigenvalue weighted by atomic mass is 9.93. The quantitative estimate of drug-likeness (QED) is 0.573. The molecule has 1 atom stereocenters. The highest BCUT2D eigenvalue weighted by atomic mass is 16.5. The van der Waals surface area contributed by atoms with E-state index in [1.807, 2.05) is 30.3 Å². The summed E-state index contributed by atoms with van der Waals surface area (Å²) >= 11 is 0. The number of carbonyl (C=O) groups excluding carboxylic acids is 3. The number of rotatable bonds is 2. The average Bonchev–Trinajstić information content (AvgIpc) is 2.65. The van der Waals surface area contributed by atoms with Gasteiger partial charge in [-0.3, -0.25) is 10.2 Å². The van der Waals surface area contributed by atoms with Gasteiger partial charge in [-0.2, -0.15) is 0 Å². The summed E-state index contributed by atoms with van der Waals surface area (Å²) in [6.07, 6.45) is 0.0956. The van der Waals surface area contributed by atoms with Crippen LogP contribution in [0.4, 0.5) is 4.79 Å². The molecule has 2 aromatic rings. The van der Waals surface area contributed by atoms with Gasteiger partial charge in [-0.05, 0) is 29.3 Å². The predicted octanol–water partition coefficient (Wildman–Crippen LogP) is 1.71. The van der Waals surface area contributed by atoms with Crippen molar-refractivity contribution in [2.24, 2.45) is 0 Å². The number of esters is 1. The number of ether oxygens (including phenoxy) is 1. The second-order valence-electron chi connectivity index (χ2n) is 5.54. The summed E-state index contributed by atoms with van der Waals surface area (Å²) in [7, 11) is 1.44. The molecule has 1 aliphatic rings. The van der Waals surface area contributed by atoms with E-state index in [9.17, 15) is 14.4 Å². The van der Waals surface area contributed by atoms with Crippen molar-refractivity contribution in [1.29, 1.82) is 0 Å². The Kier molecular flexibility index (Phi) is 4.65. The maximum atomic E-state index is 12.2. The van der Waals surface area contributed by atoms with Gasteiger partial charge in [0.25, 0.3) is 5.91 Å². The summed E-state index contributed by atoms with van der Waals surface area (Å²) in [5, 5.41) is 2.33. The minimum absolute atomic E-state index is 0.344. The summed E-state index contributed by atoms with van der Waals surface area (Å²) in [4.78, 5) is 35.5. The number of carbonyl (C=O) groups is 3. The number of amides is 3. The number of fused-ring (bicyclic) bond motifs is 1. The molecule has 0 radical (unpaired) electrons. The normalized spacial score (nSPS) is 15.6. The van der Waals surface area contributed by atoms with E-state index in [0.29, 0.717) is 17.5 Å². The highest BCUT2D eigenvalue weighted by Crippen LogP contribution is 2.30. The maximum Gasteiger partial charge on any atom is 0.339 e. The third-order valence-electron chi connectivity index (χ3n) is 3.93. The fourth-order valence-corrected chi connectivity index (χ4v) is 2.64. The van der Waals surface area contributed by atoms with Crippen LogP contribution in [0.25, 0.3) is 0 Å². The van der Waals surface area contributed by atoms with Gasteiger partial charge >= 0.3 is 12.0 Å². The van der Waals surface area contributed by atoms with Gasteiger partial charge in [0.2, 0.25) is 0 Å². The molecule has 0 fully saturated rings. The van der Waals surface area contributed by atoms with Gasteiger partial charge in [-0.15, -0.1) is 0 Å². The van der Waals surface area contributed by atoms with Crippen molar-refractivity contribution in [3.05, 3.63) is 70.8 Å². The number of nitrogens with one attached hydrogen (secondary N) is 3. The summed E-state index contributed by atoms with van der Waals surface area (Å²) in [6.45, 7) is 0. The topological polar surface area (TPSA) is 96.5 Å². The highest BCUT2D eigenvalue weighted by molar-refractivity contribution is 5.98. The Hall–Kier alpha value is -3.35. The van der Waals surface area contributed by atoms with Gasteiger partial charge < -0.3 is 10.1 Å². The van der Waals surface area contributed by atoms with Crippen molar-refractivity contribution in [1.82, 2.24) is 16.2 Å². The Morgan fingerprint density at radius 3 is 2.56 bits per heavy atom. The molecule has 128 valence electrons. The van der Waals surface area contributed by atoms with Crippen LogP contribution < -0.4 is 16.2 Å². The van der Waals surface area contributed by atoms with Gasteiger partial charge in [0, 0.05) is 19.0 Å². The fourth-order valence-electron chi connectivity index (χ4n) is 2.64. The molecular weight excluding hydrogens is 322 g/mol. The molecule has 1 heterocycles. The molecule has 3 amide bonds. The van der Waals surface area contributed by atoms with E-state index < -0.39 is 17.9 Å². The van der Waals surface area contributed by atoms with Gasteiger partial charge in [0.1, 0.15) is 6.10 Å². The first kappa shape index (κ1) is 16.5. The average molecular weight is 339 g/mol. The highest BCUT2D eigenvalue weighted by Gasteiger charge is 2.28. The van der Waals surface area contributed by atoms with E-state index in [4.69, 9.17) is 4.74 Å². The molecule has 0 aromatic heterocycles. The summed E-state index contributed by atoms with van der Waals surface area (Å²) < 4.78 is 5.49. The van der Waals surface area contributed by atoms with Crippen LogP contribution in [0.3, 0.4) is 0 Å². The molecule has 3 rings (SSSR count). The van der Waals surface area contributed by atoms with E-state index in [1.54, 1.807) is 12.1 Å². The lowest BCUT2D eigenvalue weighted by Gasteiger charge is -2.25. The van der Waals surface area contributed by atoms with Crippen LogP contribution in [0.5, 0.6) is 0 Å². The number of benzene rings is 2. The van der Waals surface area contributed by atoms with Crippen molar-refractivity contribution in [3.63, 3.8) is 0 Å². The van der Waals surface area contributed by atoms with Crippen molar-refractivity contribution >= 4 is 17.9 Å². The van der Waals surface area contributed by atoms with Crippen molar-refractivity contribution in [2.75, 3.05) is 7.05 Å². The third-order valence-corrected chi connectivity index (χ3v) is 3.93. The number of hydrazine groups is 1. The van der Waals surface area contributed by atoms with Crippen LogP contribution in [-0.4, -0.2) is 25.0 Å². The largest absolute Gasteiger partial charge is 0.454 e. The van der Waals surface area contributed by atoms with Gasteiger partial charge in [-0.1, -0.05) is 30.3 Å².